The Hall–Kier alpha value is -2.29. The summed E-state index contributed by atoms with van der Waals surface area (Å²) >= 11 is 11.0. The van der Waals surface area contributed by atoms with Gasteiger partial charge in [-0.2, -0.15) is 5.10 Å². The summed E-state index contributed by atoms with van der Waals surface area (Å²) in [5.41, 5.74) is 3.66. The normalized spacial score (nSPS) is 11.6. The molecule has 3 aromatic rings. The van der Waals surface area contributed by atoms with Crippen LogP contribution in [0.1, 0.15) is 22.2 Å². The summed E-state index contributed by atoms with van der Waals surface area (Å²) in [5.74, 6) is -0.409. The average molecular weight is 453 g/mol. The lowest BCUT2D eigenvalue weighted by Crippen LogP contribution is -2.18. The van der Waals surface area contributed by atoms with Crippen LogP contribution in [0.15, 0.2) is 52.0 Å². The largest absolute Gasteiger partial charge is 0.283 e. The van der Waals surface area contributed by atoms with Crippen LogP contribution in [0.4, 0.5) is 5.69 Å². The van der Waals surface area contributed by atoms with Crippen molar-refractivity contribution in [3.8, 4) is 0 Å². The van der Waals surface area contributed by atoms with Crippen LogP contribution in [-0.4, -0.2) is 16.5 Å². The van der Waals surface area contributed by atoms with Crippen molar-refractivity contribution in [1.29, 1.82) is 0 Å². The van der Waals surface area contributed by atoms with E-state index in [1.807, 2.05) is 18.2 Å². The highest BCUT2D eigenvalue weighted by atomic mass is 79.9. The summed E-state index contributed by atoms with van der Waals surface area (Å²) in [4.78, 5) is 23.0. The quantitative estimate of drug-likeness (QED) is 0.328. The Balaban J connectivity index is 1.80. The molecule has 0 radical (unpaired) electrons. The van der Waals surface area contributed by atoms with Crippen LogP contribution in [0.5, 0.6) is 0 Å². The van der Waals surface area contributed by atoms with E-state index in [2.05, 4.69) is 26.5 Å². The smallest absolute Gasteiger partial charge is 0.266 e. The molecule has 132 valence electrons. The SMILES string of the molecule is CC(=NNC(=O)c1sc2cc(Br)ccc2c1Cl)c1ccc([N+](=O)[O-])cc1. The molecule has 0 bridgehead atoms. The Morgan fingerprint density at radius 1 is 1.27 bits per heavy atom. The summed E-state index contributed by atoms with van der Waals surface area (Å²) in [6.07, 6.45) is 0. The second kappa shape index (κ2) is 7.53. The molecular weight excluding hydrogens is 442 g/mol. The predicted octanol–water partition coefficient (Wildman–Crippen LogP) is 5.38. The lowest BCUT2D eigenvalue weighted by atomic mass is 10.1. The number of rotatable bonds is 4. The van der Waals surface area contributed by atoms with Gasteiger partial charge >= 0.3 is 0 Å². The Morgan fingerprint density at radius 3 is 2.62 bits per heavy atom. The van der Waals surface area contributed by atoms with Gasteiger partial charge in [-0.1, -0.05) is 33.6 Å². The maximum atomic E-state index is 12.4. The first-order chi connectivity index (χ1) is 12.4. The number of fused-ring (bicyclic) bond motifs is 1. The van der Waals surface area contributed by atoms with Crippen molar-refractivity contribution >= 4 is 66.3 Å². The molecule has 0 saturated heterocycles. The Bertz CT molecular complexity index is 1050. The van der Waals surface area contributed by atoms with Gasteiger partial charge in [-0.15, -0.1) is 11.3 Å². The summed E-state index contributed by atoms with van der Waals surface area (Å²) in [6, 6.07) is 11.5. The standard InChI is InChI=1S/C17H11BrClN3O3S/c1-9(10-2-5-12(6-3-10)22(24)25)20-21-17(23)16-15(19)13-7-4-11(18)8-14(13)26-16/h2-8H,1H3,(H,21,23). The molecule has 6 nitrogen and oxygen atoms in total. The van der Waals surface area contributed by atoms with E-state index >= 15 is 0 Å². The zero-order valence-electron chi connectivity index (χ0n) is 13.3. The first-order valence-corrected chi connectivity index (χ1v) is 9.32. The molecule has 1 heterocycles. The highest BCUT2D eigenvalue weighted by molar-refractivity contribution is 9.10. The Morgan fingerprint density at radius 2 is 1.96 bits per heavy atom. The van der Waals surface area contributed by atoms with E-state index in [9.17, 15) is 14.9 Å². The minimum atomic E-state index is -0.472. The van der Waals surface area contributed by atoms with Crippen LogP contribution < -0.4 is 5.43 Å². The predicted molar refractivity (Wildman–Crippen MR) is 107 cm³/mol. The van der Waals surface area contributed by atoms with Crippen molar-refractivity contribution in [2.45, 2.75) is 6.92 Å². The third-order valence-electron chi connectivity index (χ3n) is 3.62. The van der Waals surface area contributed by atoms with Gasteiger partial charge in [-0.3, -0.25) is 14.9 Å². The maximum absolute atomic E-state index is 12.4. The number of hydrogen-bond acceptors (Lipinski definition) is 5. The van der Waals surface area contributed by atoms with Crippen molar-refractivity contribution in [3.63, 3.8) is 0 Å². The number of nitro benzene ring substituents is 1. The molecular formula is C17H11BrClN3O3S. The van der Waals surface area contributed by atoms with E-state index < -0.39 is 10.8 Å². The zero-order valence-corrected chi connectivity index (χ0v) is 16.5. The first kappa shape index (κ1) is 18.5. The number of non-ortho nitro benzene ring substituents is 1. The number of carbonyl (C=O) groups is 1. The summed E-state index contributed by atoms with van der Waals surface area (Å²) < 4.78 is 1.80. The number of nitro groups is 1. The number of amides is 1. The monoisotopic (exact) mass is 451 g/mol. The van der Waals surface area contributed by atoms with Gasteiger partial charge in [-0.05, 0) is 36.8 Å². The molecule has 0 unspecified atom stereocenters. The van der Waals surface area contributed by atoms with E-state index in [0.29, 0.717) is 21.2 Å². The lowest BCUT2D eigenvalue weighted by Gasteiger charge is -2.02. The molecule has 0 spiro atoms. The van der Waals surface area contributed by atoms with Crippen molar-refractivity contribution in [2.24, 2.45) is 5.10 Å². The number of hydrogen-bond donors (Lipinski definition) is 1. The highest BCUT2D eigenvalue weighted by Crippen LogP contribution is 2.36. The van der Waals surface area contributed by atoms with Crippen LogP contribution in [-0.2, 0) is 0 Å². The fraction of sp³-hybridized carbons (Fsp3) is 0.0588. The molecule has 9 heteroatoms. The molecule has 0 aliphatic rings. The number of nitrogens with zero attached hydrogens (tertiary/aromatic N) is 2. The van der Waals surface area contributed by atoms with Gasteiger partial charge in [0.15, 0.2) is 0 Å². The number of hydrazone groups is 1. The van der Waals surface area contributed by atoms with Crippen molar-refractivity contribution in [3.05, 3.63) is 72.5 Å². The molecule has 1 N–H and O–H groups in total. The fourth-order valence-corrected chi connectivity index (χ4v) is 4.22. The molecule has 0 fully saturated rings. The summed E-state index contributed by atoms with van der Waals surface area (Å²) in [6.45, 7) is 1.70. The van der Waals surface area contributed by atoms with Crippen molar-refractivity contribution in [2.75, 3.05) is 0 Å². The Labute approximate surface area is 165 Å². The molecule has 1 amide bonds. The van der Waals surface area contributed by atoms with Gasteiger partial charge in [0.2, 0.25) is 0 Å². The van der Waals surface area contributed by atoms with Gasteiger partial charge in [0.05, 0.1) is 15.7 Å². The summed E-state index contributed by atoms with van der Waals surface area (Å²) in [5, 5.41) is 15.9. The zero-order chi connectivity index (χ0) is 18.8. The van der Waals surface area contributed by atoms with Crippen LogP contribution in [0, 0.1) is 10.1 Å². The molecule has 3 rings (SSSR count). The molecule has 1 aromatic heterocycles. The number of halogens is 2. The third-order valence-corrected chi connectivity index (χ3v) is 5.77. The highest BCUT2D eigenvalue weighted by Gasteiger charge is 2.17. The Kier molecular flexibility index (Phi) is 5.36. The van der Waals surface area contributed by atoms with Gasteiger partial charge in [0.1, 0.15) is 4.88 Å². The van der Waals surface area contributed by atoms with E-state index in [-0.39, 0.29) is 5.69 Å². The van der Waals surface area contributed by atoms with Crippen LogP contribution in [0.25, 0.3) is 10.1 Å². The molecule has 0 aliphatic carbocycles. The fourth-order valence-electron chi connectivity index (χ4n) is 2.26. The van der Waals surface area contributed by atoms with Crippen LogP contribution >= 0.6 is 38.9 Å². The van der Waals surface area contributed by atoms with E-state index in [1.54, 1.807) is 19.1 Å². The minimum Gasteiger partial charge on any atom is -0.266 e. The van der Waals surface area contributed by atoms with Crippen LogP contribution in [0.3, 0.4) is 0 Å². The maximum Gasteiger partial charge on any atom is 0.283 e. The number of nitrogens with one attached hydrogen (secondary N) is 1. The second-order valence-corrected chi connectivity index (χ2v) is 7.67. The van der Waals surface area contributed by atoms with Gasteiger partial charge < -0.3 is 0 Å². The number of carbonyl (C=O) groups excluding carboxylic acids is 1. The average Bonchev–Trinajstić information content (AvgIpc) is 2.95. The molecule has 2 aromatic carbocycles. The van der Waals surface area contributed by atoms with E-state index in [4.69, 9.17) is 11.6 Å². The lowest BCUT2D eigenvalue weighted by molar-refractivity contribution is -0.384. The number of thiophene rings is 1. The molecule has 26 heavy (non-hydrogen) atoms. The van der Waals surface area contributed by atoms with Gasteiger partial charge in [0, 0.05) is 26.7 Å². The van der Waals surface area contributed by atoms with Gasteiger partial charge in [0.25, 0.3) is 11.6 Å². The van der Waals surface area contributed by atoms with Crippen molar-refractivity contribution < 1.29 is 9.72 Å². The van der Waals surface area contributed by atoms with E-state index in [0.717, 1.165) is 14.6 Å². The first-order valence-electron chi connectivity index (χ1n) is 7.34. The van der Waals surface area contributed by atoms with Gasteiger partial charge in [-0.25, -0.2) is 5.43 Å². The van der Waals surface area contributed by atoms with Crippen LogP contribution in [0.2, 0.25) is 5.02 Å². The van der Waals surface area contributed by atoms with E-state index in [1.165, 1.54) is 23.5 Å². The van der Waals surface area contributed by atoms with Crippen molar-refractivity contribution in [1.82, 2.24) is 5.43 Å². The second-order valence-electron chi connectivity index (χ2n) is 5.33. The molecule has 0 aliphatic heterocycles. The molecule has 0 atom stereocenters. The molecule has 0 saturated carbocycles. The number of benzene rings is 2. The summed E-state index contributed by atoms with van der Waals surface area (Å²) in [7, 11) is 0. The topological polar surface area (TPSA) is 84.6 Å². The third kappa shape index (κ3) is 3.77. The minimum absolute atomic E-state index is 0.00574.